The number of halogens is 8. The summed E-state index contributed by atoms with van der Waals surface area (Å²) in [7, 11) is 0. The predicted molar refractivity (Wildman–Crippen MR) is 43.1 cm³/mol. The third kappa shape index (κ3) is 3.39. The molecule has 0 unspecified atom stereocenters. The quantitative estimate of drug-likeness (QED) is 0.694. The maximum absolute atomic E-state index is 13.1. The van der Waals surface area contributed by atoms with E-state index in [1.807, 2.05) is 0 Å². The van der Waals surface area contributed by atoms with Gasteiger partial charge >= 0.3 is 12.5 Å². The lowest BCUT2D eigenvalue weighted by Gasteiger charge is -2.14. The van der Waals surface area contributed by atoms with Crippen molar-refractivity contribution in [2.75, 3.05) is 0 Å². The molecule has 1 aromatic carbocycles. The highest BCUT2D eigenvalue weighted by atomic mass is 35.5. The van der Waals surface area contributed by atoms with Crippen LogP contribution in [0.1, 0.15) is 5.56 Å². The number of hydrogen-bond acceptors (Lipinski definition) is 1. The van der Waals surface area contributed by atoms with E-state index < -0.39 is 34.7 Å². The van der Waals surface area contributed by atoms with Crippen molar-refractivity contribution < 1.29 is 35.5 Å². The second kappa shape index (κ2) is 4.25. The van der Waals surface area contributed by atoms with Crippen LogP contribution in [0, 0.1) is 5.82 Å². The summed E-state index contributed by atoms with van der Waals surface area (Å²) in [5, 5.41) is -1.05. The summed E-state index contributed by atoms with van der Waals surface area (Å²) in [6.07, 6.45) is -10.5. The highest BCUT2D eigenvalue weighted by Crippen LogP contribution is 2.40. The number of benzene rings is 1. The van der Waals surface area contributed by atoms with Crippen molar-refractivity contribution in [3.63, 3.8) is 0 Å². The minimum atomic E-state index is -5.29. The number of alkyl halides is 6. The van der Waals surface area contributed by atoms with E-state index in [4.69, 9.17) is 11.6 Å². The molecule has 17 heavy (non-hydrogen) atoms. The molecule has 0 aliphatic carbocycles. The number of hydrogen-bond donors (Lipinski definition) is 0. The van der Waals surface area contributed by atoms with E-state index >= 15 is 0 Å². The van der Waals surface area contributed by atoms with Crippen LogP contribution < -0.4 is 4.74 Å². The average molecular weight is 283 g/mol. The maximum Gasteiger partial charge on any atom is 0.573 e. The van der Waals surface area contributed by atoms with Gasteiger partial charge in [0.25, 0.3) is 0 Å². The molecule has 1 rings (SSSR count). The summed E-state index contributed by atoms with van der Waals surface area (Å²) in [6.45, 7) is 0. The molecule has 0 saturated carbocycles. The fraction of sp³-hybridized carbons (Fsp3) is 0.250. The van der Waals surface area contributed by atoms with Crippen LogP contribution in [0.15, 0.2) is 12.1 Å². The summed E-state index contributed by atoms with van der Waals surface area (Å²) in [4.78, 5) is 0. The van der Waals surface area contributed by atoms with Crippen LogP contribution >= 0.6 is 11.6 Å². The Hall–Kier alpha value is -1.18. The lowest BCUT2D eigenvalue weighted by molar-refractivity contribution is -0.275. The van der Waals surface area contributed by atoms with Crippen LogP contribution in [0.25, 0.3) is 0 Å². The highest BCUT2D eigenvalue weighted by molar-refractivity contribution is 6.31. The minimum absolute atomic E-state index is 0.362. The zero-order valence-electron chi connectivity index (χ0n) is 7.59. The van der Waals surface area contributed by atoms with E-state index in [1.165, 1.54) is 0 Å². The Kier molecular flexibility index (Phi) is 3.47. The Morgan fingerprint density at radius 3 is 1.94 bits per heavy atom. The van der Waals surface area contributed by atoms with Crippen LogP contribution in [0.3, 0.4) is 0 Å². The Balaban J connectivity index is 3.30. The summed E-state index contributed by atoms with van der Waals surface area (Å²) in [6, 6.07) is 0.828. The summed E-state index contributed by atoms with van der Waals surface area (Å²) in [5.41, 5.74) is -2.00. The first-order chi connectivity index (χ1) is 7.52. The van der Waals surface area contributed by atoms with Crippen LogP contribution in [0.2, 0.25) is 5.02 Å². The molecule has 0 radical (unpaired) electrons. The monoisotopic (exact) mass is 282 g/mol. The minimum Gasteiger partial charge on any atom is -0.403 e. The van der Waals surface area contributed by atoms with Gasteiger partial charge in [0, 0.05) is 0 Å². The second-order valence-corrected chi connectivity index (χ2v) is 3.19. The van der Waals surface area contributed by atoms with Gasteiger partial charge in [0.2, 0.25) is 0 Å². The third-order valence-electron chi connectivity index (χ3n) is 1.56. The van der Waals surface area contributed by atoms with Gasteiger partial charge in [0.1, 0.15) is 5.56 Å². The normalized spacial score (nSPS) is 12.7. The zero-order valence-corrected chi connectivity index (χ0v) is 8.34. The topological polar surface area (TPSA) is 9.23 Å². The molecule has 1 nitrogen and oxygen atoms in total. The van der Waals surface area contributed by atoms with Crippen molar-refractivity contribution in [1.82, 2.24) is 0 Å². The Morgan fingerprint density at radius 1 is 1.00 bits per heavy atom. The van der Waals surface area contributed by atoms with Gasteiger partial charge in [-0.15, -0.1) is 13.2 Å². The van der Waals surface area contributed by atoms with Crippen LogP contribution in [-0.4, -0.2) is 6.36 Å². The molecule has 0 aromatic heterocycles. The van der Waals surface area contributed by atoms with E-state index in [-0.39, 0.29) is 0 Å². The summed E-state index contributed by atoms with van der Waals surface area (Å²) < 4.78 is 88.2. The van der Waals surface area contributed by atoms with Gasteiger partial charge in [-0.1, -0.05) is 11.6 Å². The predicted octanol–water partition coefficient (Wildman–Crippen LogP) is 4.40. The van der Waals surface area contributed by atoms with E-state index in [1.54, 1.807) is 0 Å². The van der Waals surface area contributed by atoms with Gasteiger partial charge in [-0.2, -0.15) is 13.2 Å². The number of ether oxygens (including phenoxy) is 1. The van der Waals surface area contributed by atoms with Gasteiger partial charge in [0.15, 0.2) is 11.6 Å². The molecule has 0 amide bonds. The smallest absolute Gasteiger partial charge is 0.403 e. The van der Waals surface area contributed by atoms with Crippen molar-refractivity contribution in [3.8, 4) is 5.75 Å². The molecule has 0 fully saturated rings. The van der Waals surface area contributed by atoms with Gasteiger partial charge < -0.3 is 4.74 Å². The fourth-order valence-electron chi connectivity index (χ4n) is 0.997. The fourth-order valence-corrected chi connectivity index (χ4v) is 1.25. The SMILES string of the molecule is Fc1c(OC(F)(F)F)ccc(Cl)c1C(F)(F)F. The molecule has 0 bridgehead atoms. The van der Waals surface area contributed by atoms with E-state index in [0.29, 0.717) is 12.1 Å². The Morgan fingerprint density at radius 2 is 1.53 bits per heavy atom. The molecule has 0 spiro atoms. The van der Waals surface area contributed by atoms with E-state index in [2.05, 4.69) is 4.74 Å². The molecule has 0 aliphatic heterocycles. The van der Waals surface area contributed by atoms with Gasteiger partial charge in [0.05, 0.1) is 5.02 Å². The third-order valence-corrected chi connectivity index (χ3v) is 1.88. The first-order valence-corrected chi connectivity index (χ1v) is 4.21. The lowest BCUT2D eigenvalue weighted by atomic mass is 10.2. The molecule has 96 valence electrons. The molecule has 1 aromatic rings. The van der Waals surface area contributed by atoms with Crippen molar-refractivity contribution in [1.29, 1.82) is 0 Å². The van der Waals surface area contributed by atoms with Gasteiger partial charge in [-0.25, -0.2) is 4.39 Å². The number of rotatable bonds is 1. The first-order valence-electron chi connectivity index (χ1n) is 3.83. The van der Waals surface area contributed by atoms with Crippen molar-refractivity contribution in [3.05, 3.63) is 28.5 Å². The van der Waals surface area contributed by atoms with Gasteiger partial charge in [-0.05, 0) is 12.1 Å². The molecule has 0 N–H and O–H groups in total. The van der Waals surface area contributed by atoms with E-state index in [0.717, 1.165) is 0 Å². The van der Waals surface area contributed by atoms with Gasteiger partial charge in [-0.3, -0.25) is 0 Å². The molecular formula is C8H2ClF7O. The van der Waals surface area contributed by atoms with E-state index in [9.17, 15) is 30.7 Å². The zero-order chi connectivity index (χ0) is 13.4. The molecular weight excluding hydrogens is 281 g/mol. The molecule has 0 aliphatic rings. The highest BCUT2D eigenvalue weighted by Gasteiger charge is 2.40. The first kappa shape index (κ1) is 13.9. The Labute approximate surface area is 94.7 Å². The van der Waals surface area contributed by atoms with Crippen LogP contribution in [-0.2, 0) is 6.18 Å². The molecule has 0 heterocycles. The Bertz CT molecular complexity index is 423. The standard InChI is InChI=1S/C8H2ClF7O/c9-3-1-2-4(17-8(14,15)16)6(10)5(3)7(11,12)13/h1-2H. The van der Waals surface area contributed by atoms with Crippen molar-refractivity contribution in [2.45, 2.75) is 12.5 Å². The summed E-state index contributed by atoms with van der Waals surface area (Å²) in [5.74, 6) is -3.79. The van der Waals surface area contributed by atoms with Crippen molar-refractivity contribution in [2.24, 2.45) is 0 Å². The largest absolute Gasteiger partial charge is 0.573 e. The molecule has 9 heteroatoms. The second-order valence-electron chi connectivity index (χ2n) is 2.78. The average Bonchev–Trinajstić information content (AvgIpc) is 2.06. The van der Waals surface area contributed by atoms with Crippen LogP contribution in [0.4, 0.5) is 30.7 Å². The lowest BCUT2D eigenvalue weighted by Crippen LogP contribution is -2.19. The summed E-state index contributed by atoms with van der Waals surface area (Å²) >= 11 is 5.06. The maximum atomic E-state index is 13.1. The molecule has 0 saturated heterocycles. The molecule has 0 atom stereocenters. The van der Waals surface area contributed by atoms with Crippen LogP contribution in [0.5, 0.6) is 5.75 Å². The van der Waals surface area contributed by atoms with Crippen molar-refractivity contribution >= 4 is 11.6 Å².